The highest BCUT2D eigenvalue weighted by Crippen LogP contribution is 2.45. The molecule has 0 fully saturated rings. The average molecular weight is 746 g/mol. The number of para-hydroxylation sites is 2. The van der Waals surface area contributed by atoms with Crippen molar-refractivity contribution < 1.29 is 4.42 Å². The van der Waals surface area contributed by atoms with Gasteiger partial charge in [0.25, 0.3) is 0 Å². The summed E-state index contributed by atoms with van der Waals surface area (Å²) < 4.78 is 9.59. The van der Waals surface area contributed by atoms with Crippen LogP contribution in [0.3, 0.4) is 0 Å². The van der Waals surface area contributed by atoms with E-state index < -0.39 is 0 Å². The molecule has 0 spiro atoms. The Bertz CT molecular complexity index is 3200. The fourth-order valence-corrected chi connectivity index (χ4v) is 9.55. The van der Waals surface area contributed by atoms with Gasteiger partial charge in [-0.3, -0.25) is 0 Å². The maximum atomic E-state index is 6.96. The highest BCUT2D eigenvalue weighted by molar-refractivity contribution is 7.26. The average Bonchev–Trinajstić information content (AvgIpc) is 3.87. The lowest BCUT2D eigenvalue weighted by Gasteiger charge is -2.26. The van der Waals surface area contributed by atoms with Crippen LogP contribution in [-0.2, 0) is 0 Å². The molecule has 0 saturated heterocycles. The van der Waals surface area contributed by atoms with Crippen LogP contribution in [0.5, 0.6) is 0 Å². The van der Waals surface area contributed by atoms with Crippen LogP contribution in [0, 0.1) is 0 Å². The molecule has 3 heteroatoms. The van der Waals surface area contributed by atoms with Gasteiger partial charge in [0.1, 0.15) is 5.58 Å². The van der Waals surface area contributed by atoms with Crippen LogP contribution in [-0.4, -0.2) is 0 Å². The summed E-state index contributed by atoms with van der Waals surface area (Å²) in [6.45, 7) is 0. The summed E-state index contributed by atoms with van der Waals surface area (Å²) in [5.41, 5.74) is 14.3. The maximum Gasteiger partial charge on any atom is 0.159 e. The Morgan fingerprint density at radius 3 is 1.44 bits per heavy atom. The molecule has 9 aromatic carbocycles. The number of hydrogen-bond donors (Lipinski definition) is 0. The second-order valence-electron chi connectivity index (χ2n) is 14.5. The smallest absolute Gasteiger partial charge is 0.159 e. The normalized spacial score (nSPS) is 11.5. The zero-order valence-electron chi connectivity index (χ0n) is 31.0. The second-order valence-corrected chi connectivity index (χ2v) is 15.5. The predicted octanol–water partition coefficient (Wildman–Crippen LogP) is 16.1. The summed E-state index contributed by atoms with van der Waals surface area (Å²) >= 11 is 1.87. The number of thiophene rings is 1. The Hall–Kier alpha value is -7.20. The minimum absolute atomic E-state index is 0.857. The number of nitrogens with zero attached hydrogens (tertiary/aromatic N) is 1. The molecule has 0 aliphatic carbocycles. The number of benzene rings is 9. The number of fused-ring (bicyclic) bond motifs is 6. The van der Waals surface area contributed by atoms with Gasteiger partial charge in [-0.2, -0.15) is 0 Å². The van der Waals surface area contributed by atoms with E-state index >= 15 is 0 Å². The van der Waals surface area contributed by atoms with Crippen LogP contribution < -0.4 is 4.90 Å². The molecule has 2 nitrogen and oxygen atoms in total. The Balaban J connectivity index is 1.04. The van der Waals surface area contributed by atoms with Crippen LogP contribution >= 0.6 is 11.3 Å². The number of furan rings is 1. The van der Waals surface area contributed by atoms with E-state index in [1.54, 1.807) is 0 Å². The summed E-state index contributed by atoms with van der Waals surface area (Å²) in [5.74, 6) is 0. The van der Waals surface area contributed by atoms with Crippen molar-refractivity contribution in [2.24, 2.45) is 0 Å². The molecule has 0 saturated carbocycles. The first-order valence-corrected chi connectivity index (χ1v) is 20.1. The van der Waals surface area contributed by atoms with Gasteiger partial charge < -0.3 is 9.32 Å². The SMILES string of the molecule is c1ccc(-c2ccc(-c3ccc(N(c4ccc(-c5cccc6c5sc5ccccc56)cc4)c4cccc5c4oc4c(-c6ccccc6)cccc45)cc3)cc2)cc1. The fourth-order valence-electron chi connectivity index (χ4n) is 8.31. The first-order valence-electron chi connectivity index (χ1n) is 19.3. The third-order valence-corrected chi connectivity index (χ3v) is 12.3. The number of hydrogen-bond acceptors (Lipinski definition) is 3. The summed E-state index contributed by atoms with van der Waals surface area (Å²) in [6, 6.07) is 76.1. The molecule has 0 aliphatic rings. The summed E-state index contributed by atoms with van der Waals surface area (Å²) in [6.07, 6.45) is 0. The van der Waals surface area contributed by atoms with E-state index in [-0.39, 0.29) is 0 Å². The van der Waals surface area contributed by atoms with Gasteiger partial charge in [0.15, 0.2) is 5.58 Å². The Kier molecular flexibility index (Phi) is 8.04. The summed E-state index contributed by atoms with van der Waals surface area (Å²) in [5, 5.41) is 4.81. The zero-order chi connectivity index (χ0) is 37.7. The molecular formula is C54H35NOS. The third-order valence-electron chi connectivity index (χ3n) is 11.1. The van der Waals surface area contributed by atoms with E-state index in [4.69, 9.17) is 4.42 Å². The quantitative estimate of drug-likeness (QED) is 0.162. The van der Waals surface area contributed by atoms with Gasteiger partial charge in [0.2, 0.25) is 0 Å². The van der Waals surface area contributed by atoms with Crippen molar-refractivity contribution in [1.29, 1.82) is 0 Å². The van der Waals surface area contributed by atoms with Crippen molar-refractivity contribution in [3.8, 4) is 44.5 Å². The van der Waals surface area contributed by atoms with Crippen molar-refractivity contribution in [2.75, 3.05) is 4.90 Å². The summed E-state index contributed by atoms with van der Waals surface area (Å²) in [4.78, 5) is 2.33. The van der Waals surface area contributed by atoms with E-state index in [1.807, 2.05) is 11.3 Å². The highest BCUT2D eigenvalue weighted by atomic mass is 32.1. The van der Waals surface area contributed by atoms with Gasteiger partial charge in [-0.1, -0.05) is 176 Å². The van der Waals surface area contributed by atoms with Crippen molar-refractivity contribution >= 4 is 70.5 Å². The van der Waals surface area contributed by atoms with Gasteiger partial charge in [-0.05, 0) is 75.3 Å². The van der Waals surface area contributed by atoms with Crippen LogP contribution in [0.2, 0.25) is 0 Å². The van der Waals surface area contributed by atoms with Crippen molar-refractivity contribution in [3.05, 3.63) is 212 Å². The topological polar surface area (TPSA) is 16.4 Å². The molecule has 2 heterocycles. The molecule has 2 aromatic heterocycles. The van der Waals surface area contributed by atoms with Crippen LogP contribution in [0.25, 0.3) is 86.6 Å². The first-order chi connectivity index (χ1) is 28.3. The van der Waals surface area contributed by atoms with E-state index in [0.717, 1.165) is 50.1 Å². The molecule has 0 radical (unpaired) electrons. The van der Waals surface area contributed by atoms with E-state index in [9.17, 15) is 0 Å². The molecule has 268 valence electrons. The molecule has 57 heavy (non-hydrogen) atoms. The number of anilines is 3. The monoisotopic (exact) mass is 745 g/mol. The standard InChI is InChI=1S/C54H35NOS/c1-3-12-36(13-4-1)37-24-26-38(27-25-37)39-28-32-42(33-29-39)55(43-34-30-41(31-35-43)45-18-10-21-49-46-16-7-8-23-51(46)57-54(45)49)50-22-11-20-48-47-19-9-17-44(52(47)56-53(48)50)40-14-5-2-6-15-40/h1-35H. The van der Waals surface area contributed by atoms with Crippen molar-refractivity contribution in [3.63, 3.8) is 0 Å². The Labute approximate surface area is 335 Å². The van der Waals surface area contributed by atoms with Gasteiger partial charge in [-0.25, -0.2) is 0 Å². The minimum atomic E-state index is 0.857. The molecule has 0 N–H and O–H groups in total. The molecule has 0 amide bonds. The lowest BCUT2D eigenvalue weighted by atomic mass is 10.00. The van der Waals surface area contributed by atoms with Gasteiger partial charge in [0, 0.05) is 47.9 Å². The van der Waals surface area contributed by atoms with Gasteiger partial charge >= 0.3 is 0 Å². The molecule has 0 aliphatic heterocycles. The third kappa shape index (κ3) is 5.80. The van der Waals surface area contributed by atoms with Crippen LogP contribution in [0.15, 0.2) is 217 Å². The Morgan fingerprint density at radius 2 is 0.772 bits per heavy atom. The lowest BCUT2D eigenvalue weighted by molar-refractivity contribution is 0.670. The lowest BCUT2D eigenvalue weighted by Crippen LogP contribution is -2.10. The van der Waals surface area contributed by atoms with Gasteiger partial charge in [0.05, 0.1) is 5.69 Å². The highest BCUT2D eigenvalue weighted by Gasteiger charge is 2.21. The van der Waals surface area contributed by atoms with Crippen LogP contribution in [0.1, 0.15) is 0 Å². The molecule has 11 rings (SSSR count). The molecule has 0 unspecified atom stereocenters. The molecule has 0 atom stereocenters. The van der Waals surface area contributed by atoms with Gasteiger partial charge in [-0.15, -0.1) is 11.3 Å². The molecule has 0 bridgehead atoms. The predicted molar refractivity (Wildman–Crippen MR) is 243 cm³/mol. The Morgan fingerprint density at radius 1 is 0.316 bits per heavy atom. The minimum Gasteiger partial charge on any atom is -0.453 e. The van der Waals surface area contributed by atoms with Crippen molar-refractivity contribution in [1.82, 2.24) is 0 Å². The molecule has 11 aromatic rings. The first kappa shape index (κ1) is 33.2. The van der Waals surface area contributed by atoms with Crippen molar-refractivity contribution in [2.45, 2.75) is 0 Å². The van der Waals surface area contributed by atoms with E-state index in [0.29, 0.717) is 0 Å². The fraction of sp³-hybridized carbons (Fsp3) is 0. The second kappa shape index (κ2) is 13.8. The van der Waals surface area contributed by atoms with E-state index in [2.05, 4.69) is 217 Å². The molecular weight excluding hydrogens is 711 g/mol. The van der Waals surface area contributed by atoms with Crippen LogP contribution in [0.4, 0.5) is 17.1 Å². The number of rotatable bonds is 7. The maximum absolute atomic E-state index is 6.96. The van der Waals surface area contributed by atoms with E-state index in [1.165, 1.54) is 53.6 Å². The summed E-state index contributed by atoms with van der Waals surface area (Å²) in [7, 11) is 0. The largest absolute Gasteiger partial charge is 0.453 e. The zero-order valence-corrected chi connectivity index (χ0v) is 31.8.